The third-order valence-electron chi connectivity index (χ3n) is 5.02. The summed E-state index contributed by atoms with van der Waals surface area (Å²) >= 11 is 0. The Hall–Kier alpha value is -3.16. The van der Waals surface area contributed by atoms with Crippen LogP contribution in [0, 0.1) is 13.8 Å². The number of aryl methyl sites for hydroxylation is 2. The molecule has 0 unspecified atom stereocenters. The Labute approximate surface area is 182 Å². The maximum absolute atomic E-state index is 12.3. The molecule has 1 aromatic heterocycles. The number of fused-ring (bicyclic) bond motifs is 1. The van der Waals surface area contributed by atoms with Gasteiger partial charge in [0.05, 0.1) is 28.9 Å². The van der Waals surface area contributed by atoms with E-state index < -0.39 is 10.1 Å². The first-order valence-electron chi connectivity index (χ1n) is 10.2. The number of anilines is 1. The van der Waals surface area contributed by atoms with Crippen LogP contribution in [0.2, 0.25) is 0 Å². The molecule has 0 aliphatic rings. The van der Waals surface area contributed by atoms with E-state index in [0.717, 1.165) is 33.4 Å². The van der Waals surface area contributed by atoms with Crippen molar-refractivity contribution in [1.82, 2.24) is 9.78 Å². The van der Waals surface area contributed by atoms with Gasteiger partial charge in [-0.25, -0.2) is 4.68 Å². The highest BCUT2D eigenvalue weighted by atomic mass is 32.2. The summed E-state index contributed by atoms with van der Waals surface area (Å²) in [7, 11) is -3.73. The lowest BCUT2D eigenvalue weighted by Crippen LogP contribution is -2.11. The third-order valence-corrected chi connectivity index (χ3v) is 6.34. The van der Waals surface area contributed by atoms with Crippen LogP contribution in [0.5, 0.6) is 0 Å². The van der Waals surface area contributed by atoms with Crippen LogP contribution >= 0.6 is 0 Å². The summed E-state index contributed by atoms with van der Waals surface area (Å²) in [6.45, 7) is 4.65. The highest BCUT2D eigenvalue weighted by molar-refractivity contribution is 7.86. The molecule has 160 valence electrons. The van der Waals surface area contributed by atoms with Crippen LogP contribution in [0.3, 0.4) is 0 Å². The van der Waals surface area contributed by atoms with Gasteiger partial charge >= 0.3 is 0 Å². The molecular formula is C24H25N3O3S. The fraction of sp³-hybridized carbons (Fsp3) is 0.208. The van der Waals surface area contributed by atoms with Gasteiger partial charge in [-0.05, 0) is 62.2 Å². The first-order valence-corrected chi connectivity index (χ1v) is 11.6. The molecule has 0 saturated heterocycles. The van der Waals surface area contributed by atoms with Crippen molar-refractivity contribution < 1.29 is 12.6 Å². The normalized spacial score (nSPS) is 11.7. The van der Waals surface area contributed by atoms with Gasteiger partial charge in [-0.2, -0.15) is 13.5 Å². The molecule has 4 aromatic rings. The van der Waals surface area contributed by atoms with Crippen molar-refractivity contribution in [2.24, 2.45) is 0 Å². The van der Waals surface area contributed by atoms with Crippen LogP contribution in [0.15, 0.2) is 77.8 Å². The molecular weight excluding hydrogens is 410 g/mol. The summed E-state index contributed by atoms with van der Waals surface area (Å²) in [6, 6.07) is 20.8. The maximum Gasteiger partial charge on any atom is 0.296 e. The molecule has 3 aromatic carbocycles. The molecule has 6 nitrogen and oxygen atoms in total. The smallest absolute Gasteiger partial charge is 0.296 e. The topological polar surface area (TPSA) is 73.2 Å². The minimum Gasteiger partial charge on any atom is -0.384 e. The van der Waals surface area contributed by atoms with Gasteiger partial charge in [-0.15, -0.1) is 0 Å². The van der Waals surface area contributed by atoms with E-state index in [9.17, 15) is 8.42 Å². The predicted octanol–water partition coefficient (Wildman–Crippen LogP) is 4.85. The highest BCUT2D eigenvalue weighted by Crippen LogP contribution is 2.27. The monoisotopic (exact) mass is 435 g/mol. The first-order chi connectivity index (χ1) is 14.9. The third kappa shape index (κ3) is 4.78. The van der Waals surface area contributed by atoms with Crippen molar-refractivity contribution in [3.63, 3.8) is 0 Å². The zero-order valence-electron chi connectivity index (χ0n) is 17.6. The van der Waals surface area contributed by atoms with Gasteiger partial charge < -0.3 is 5.32 Å². The van der Waals surface area contributed by atoms with E-state index >= 15 is 0 Å². The molecule has 0 fully saturated rings. The van der Waals surface area contributed by atoms with Crippen molar-refractivity contribution in [3.8, 4) is 5.69 Å². The van der Waals surface area contributed by atoms with E-state index in [1.807, 2.05) is 55.1 Å². The maximum atomic E-state index is 12.3. The second-order valence-corrected chi connectivity index (χ2v) is 9.12. The number of aromatic nitrogens is 2. The summed E-state index contributed by atoms with van der Waals surface area (Å²) < 4.78 is 31.7. The van der Waals surface area contributed by atoms with Gasteiger partial charge in [-0.3, -0.25) is 4.18 Å². The number of benzene rings is 3. The quantitative estimate of drug-likeness (QED) is 0.316. The van der Waals surface area contributed by atoms with Gasteiger partial charge in [0, 0.05) is 17.6 Å². The van der Waals surface area contributed by atoms with Crippen molar-refractivity contribution in [2.45, 2.75) is 25.2 Å². The SMILES string of the molecule is Cc1ccc(S(=O)(=O)OCCCNc2cc(C)cc3c2cnn3-c2ccccc2)cc1. The zero-order valence-corrected chi connectivity index (χ0v) is 18.4. The Kier molecular flexibility index (Phi) is 6.06. The predicted molar refractivity (Wildman–Crippen MR) is 123 cm³/mol. The molecule has 0 spiro atoms. The molecule has 0 amide bonds. The Morgan fingerprint density at radius 1 is 0.968 bits per heavy atom. The van der Waals surface area contributed by atoms with E-state index in [1.165, 1.54) is 0 Å². The largest absolute Gasteiger partial charge is 0.384 e. The Morgan fingerprint density at radius 2 is 1.71 bits per heavy atom. The lowest BCUT2D eigenvalue weighted by atomic mass is 10.1. The van der Waals surface area contributed by atoms with E-state index in [0.29, 0.717) is 13.0 Å². The molecule has 0 aliphatic heterocycles. The number of rotatable bonds is 8. The van der Waals surface area contributed by atoms with Crippen molar-refractivity contribution >= 4 is 26.7 Å². The summed E-state index contributed by atoms with van der Waals surface area (Å²) in [4.78, 5) is 0.180. The zero-order chi connectivity index (χ0) is 21.8. The fourth-order valence-electron chi connectivity index (χ4n) is 3.43. The van der Waals surface area contributed by atoms with E-state index in [2.05, 4.69) is 22.5 Å². The van der Waals surface area contributed by atoms with E-state index in [4.69, 9.17) is 4.18 Å². The Bertz CT molecular complexity index is 1280. The number of hydrogen-bond acceptors (Lipinski definition) is 5. The van der Waals surface area contributed by atoms with Gasteiger partial charge in [0.15, 0.2) is 0 Å². The lowest BCUT2D eigenvalue weighted by molar-refractivity contribution is 0.316. The van der Waals surface area contributed by atoms with Crippen LogP contribution in [-0.2, 0) is 14.3 Å². The average Bonchev–Trinajstić information content (AvgIpc) is 3.18. The number of para-hydroxylation sites is 1. The number of nitrogens with one attached hydrogen (secondary N) is 1. The number of nitrogens with zero attached hydrogens (tertiary/aromatic N) is 2. The standard InChI is InChI=1S/C24H25N3O3S/c1-18-9-11-21(12-10-18)31(28,29)30-14-6-13-25-23-15-19(2)16-24-22(23)17-26-27(24)20-7-4-3-5-8-20/h3-5,7-12,15-17,25H,6,13-14H2,1-2H3. The average molecular weight is 436 g/mol. The molecule has 0 radical (unpaired) electrons. The van der Waals surface area contributed by atoms with Crippen LogP contribution in [0.25, 0.3) is 16.6 Å². The van der Waals surface area contributed by atoms with E-state index in [1.54, 1.807) is 24.3 Å². The van der Waals surface area contributed by atoms with Gasteiger partial charge in [0.1, 0.15) is 0 Å². The molecule has 1 N–H and O–H groups in total. The van der Waals surface area contributed by atoms with E-state index in [-0.39, 0.29) is 11.5 Å². The van der Waals surface area contributed by atoms with Gasteiger partial charge in [0.2, 0.25) is 0 Å². The highest BCUT2D eigenvalue weighted by Gasteiger charge is 2.14. The van der Waals surface area contributed by atoms with Crippen molar-refractivity contribution in [2.75, 3.05) is 18.5 Å². The van der Waals surface area contributed by atoms with Gasteiger partial charge in [0.25, 0.3) is 10.1 Å². The molecule has 0 atom stereocenters. The first kappa shape index (κ1) is 21.1. The minimum absolute atomic E-state index is 0.113. The molecule has 0 saturated carbocycles. The van der Waals surface area contributed by atoms with Gasteiger partial charge in [-0.1, -0.05) is 35.9 Å². The number of hydrogen-bond donors (Lipinski definition) is 1. The Balaban J connectivity index is 1.40. The summed E-state index contributed by atoms with van der Waals surface area (Å²) in [5.41, 5.74) is 5.11. The summed E-state index contributed by atoms with van der Waals surface area (Å²) in [5.74, 6) is 0. The lowest BCUT2D eigenvalue weighted by Gasteiger charge is -2.11. The second-order valence-electron chi connectivity index (χ2n) is 7.51. The van der Waals surface area contributed by atoms with Crippen LogP contribution in [0.4, 0.5) is 5.69 Å². The molecule has 1 heterocycles. The fourth-order valence-corrected chi connectivity index (χ4v) is 4.37. The van der Waals surface area contributed by atoms with Crippen molar-refractivity contribution in [1.29, 1.82) is 0 Å². The Morgan fingerprint density at radius 3 is 2.45 bits per heavy atom. The van der Waals surface area contributed by atoms with Crippen LogP contribution in [0.1, 0.15) is 17.5 Å². The molecule has 0 aliphatic carbocycles. The second kappa shape index (κ2) is 8.91. The van der Waals surface area contributed by atoms with Crippen LogP contribution in [-0.4, -0.2) is 31.3 Å². The summed E-state index contributed by atoms with van der Waals surface area (Å²) in [6.07, 6.45) is 2.40. The molecule has 31 heavy (non-hydrogen) atoms. The van der Waals surface area contributed by atoms with Crippen molar-refractivity contribution in [3.05, 3.63) is 84.1 Å². The van der Waals surface area contributed by atoms with Crippen LogP contribution < -0.4 is 5.32 Å². The minimum atomic E-state index is -3.73. The summed E-state index contributed by atoms with van der Waals surface area (Å²) in [5, 5.41) is 8.97. The molecule has 4 rings (SSSR count). The molecule has 7 heteroatoms. The molecule has 0 bridgehead atoms.